The molecule has 25 heavy (non-hydrogen) atoms. The lowest BCUT2D eigenvalue weighted by molar-refractivity contribution is 0.0514. The summed E-state index contributed by atoms with van der Waals surface area (Å²) in [5, 5.41) is 3.97. The SMILES string of the molecule is CC1CCC([C@H]2C[C@H]3CCC([C@@H]2C2=NC4CCCCC4N2)N3C)CC1. The number of rotatable bonds is 2. The Hall–Kier alpha value is -0.570. The van der Waals surface area contributed by atoms with E-state index in [9.17, 15) is 0 Å². The zero-order valence-electron chi connectivity index (χ0n) is 16.3. The summed E-state index contributed by atoms with van der Waals surface area (Å²) in [6.45, 7) is 2.46. The zero-order chi connectivity index (χ0) is 17.0. The number of piperidine rings is 1. The maximum Gasteiger partial charge on any atom is 0.102 e. The molecule has 0 aromatic heterocycles. The van der Waals surface area contributed by atoms with Gasteiger partial charge < -0.3 is 5.32 Å². The van der Waals surface area contributed by atoms with E-state index in [2.05, 4.69) is 24.2 Å². The van der Waals surface area contributed by atoms with Gasteiger partial charge in [0.1, 0.15) is 5.84 Å². The molecule has 0 aromatic rings. The van der Waals surface area contributed by atoms with Gasteiger partial charge in [-0.05, 0) is 69.7 Å². The Kier molecular flexibility index (Phi) is 4.35. The maximum absolute atomic E-state index is 5.32. The van der Waals surface area contributed by atoms with Crippen LogP contribution in [0, 0.1) is 23.7 Å². The van der Waals surface area contributed by atoms with Crippen LogP contribution in [-0.4, -0.2) is 42.0 Å². The van der Waals surface area contributed by atoms with E-state index in [-0.39, 0.29) is 0 Å². The molecule has 0 aromatic carbocycles. The molecule has 4 fully saturated rings. The van der Waals surface area contributed by atoms with Gasteiger partial charge in [0.2, 0.25) is 0 Å². The standard InChI is InChI=1S/C22H37N3/c1-14-7-9-15(10-8-14)17-13-16-11-12-20(25(16)2)21(17)22-23-18-5-3-4-6-19(18)24-22/h14-21H,3-13H2,1-2H3,(H,23,24)/t14?,15?,16-,17-,18?,19?,20?,21-/m1/s1. The number of aliphatic imine (C=N–C) groups is 1. The van der Waals surface area contributed by atoms with Crippen molar-refractivity contribution in [3.8, 4) is 0 Å². The van der Waals surface area contributed by atoms with Crippen LogP contribution < -0.4 is 5.32 Å². The van der Waals surface area contributed by atoms with E-state index in [1.54, 1.807) is 0 Å². The van der Waals surface area contributed by atoms with Gasteiger partial charge >= 0.3 is 0 Å². The molecule has 5 aliphatic rings. The molecule has 2 aliphatic carbocycles. The molecule has 2 bridgehead atoms. The van der Waals surface area contributed by atoms with Gasteiger partial charge in [0.25, 0.3) is 0 Å². The Morgan fingerprint density at radius 1 is 0.960 bits per heavy atom. The van der Waals surface area contributed by atoms with Crippen LogP contribution in [0.5, 0.6) is 0 Å². The molecule has 2 saturated carbocycles. The zero-order valence-corrected chi connectivity index (χ0v) is 16.3. The Labute approximate surface area is 154 Å². The summed E-state index contributed by atoms with van der Waals surface area (Å²) in [5.74, 6) is 4.96. The van der Waals surface area contributed by atoms with Gasteiger partial charge in [-0.3, -0.25) is 9.89 Å². The summed E-state index contributed by atoms with van der Waals surface area (Å²) < 4.78 is 0. The second kappa shape index (κ2) is 6.55. The first-order chi connectivity index (χ1) is 12.2. The van der Waals surface area contributed by atoms with Crippen molar-refractivity contribution in [1.82, 2.24) is 10.2 Å². The van der Waals surface area contributed by atoms with E-state index < -0.39 is 0 Å². The fourth-order valence-corrected chi connectivity index (χ4v) is 7.11. The number of fused-ring (bicyclic) bond motifs is 3. The van der Waals surface area contributed by atoms with Gasteiger partial charge in [0.15, 0.2) is 0 Å². The second-order valence-corrected chi connectivity index (χ2v) is 10.0. The Morgan fingerprint density at radius 2 is 1.76 bits per heavy atom. The fraction of sp³-hybridized carbons (Fsp3) is 0.955. The highest BCUT2D eigenvalue weighted by Crippen LogP contribution is 2.49. The minimum atomic E-state index is 0.597. The summed E-state index contributed by atoms with van der Waals surface area (Å²) in [6, 6.07) is 2.88. The second-order valence-electron chi connectivity index (χ2n) is 10.0. The van der Waals surface area contributed by atoms with E-state index in [1.165, 1.54) is 76.5 Å². The van der Waals surface area contributed by atoms with Crippen LogP contribution >= 0.6 is 0 Å². The van der Waals surface area contributed by atoms with Gasteiger partial charge in [-0.15, -0.1) is 0 Å². The van der Waals surface area contributed by atoms with Crippen molar-refractivity contribution in [3.63, 3.8) is 0 Å². The third-order valence-corrected chi connectivity index (χ3v) is 8.66. The third-order valence-electron chi connectivity index (χ3n) is 8.66. The van der Waals surface area contributed by atoms with Gasteiger partial charge in [-0.25, -0.2) is 0 Å². The molecule has 6 atom stereocenters. The van der Waals surface area contributed by atoms with E-state index in [4.69, 9.17) is 4.99 Å². The molecule has 140 valence electrons. The normalized spacial score (nSPS) is 50.2. The number of amidine groups is 1. The van der Waals surface area contributed by atoms with E-state index in [0.29, 0.717) is 18.0 Å². The van der Waals surface area contributed by atoms with Crippen molar-refractivity contribution >= 4 is 5.84 Å². The first-order valence-corrected chi connectivity index (χ1v) is 11.3. The number of hydrogen-bond acceptors (Lipinski definition) is 3. The summed E-state index contributed by atoms with van der Waals surface area (Å²) in [6.07, 6.45) is 15.6. The lowest BCUT2D eigenvalue weighted by atomic mass is 9.66. The predicted octanol–water partition coefficient (Wildman–Crippen LogP) is 4.22. The average molecular weight is 344 g/mol. The summed E-state index contributed by atoms with van der Waals surface area (Å²) in [5.41, 5.74) is 0. The van der Waals surface area contributed by atoms with Crippen molar-refractivity contribution in [3.05, 3.63) is 0 Å². The van der Waals surface area contributed by atoms with Crippen LogP contribution in [0.3, 0.4) is 0 Å². The van der Waals surface area contributed by atoms with Crippen LogP contribution in [0.1, 0.15) is 77.6 Å². The van der Waals surface area contributed by atoms with Crippen molar-refractivity contribution in [1.29, 1.82) is 0 Å². The first kappa shape index (κ1) is 16.6. The van der Waals surface area contributed by atoms with Crippen molar-refractivity contribution in [2.45, 2.75) is 102 Å². The van der Waals surface area contributed by atoms with Crippen molar-refractivity contribution in [2.24, 2.45) is 28.7 Å². The number of hydrogen-bond donors (Lipinski definition) is 1. The quantitative estimate of drug-likeness (QED) is 0.813. The molecule has 0 spiro atoms. The molecule has 0 amide bonds. The highest BCUT2D eigenvalue weighted by Gasteiger charge is 2.51. The Morgan fingerprint density at radius 3 is 2.56 bits per heavy atom. The lowest BCUT2D eigenvalue weighted by Crippen LogP contribution is -2.54. The van der Waals surface area contributed by atoms with Gasteiger partial charge in [0, 0.05) is 24.0 Å². The smallest absolute Gasteiger partial charge is 0.102 e. The van der Waals surface area contributed by atoms with Crippen LogP contribution in [0.15, 0.2) is 4.99 Å². The van der Waals surface area contributed by atoms with Crippen LogP contribution in [-0.2, 0) is 0 Å². The van der Waals surface area contributed by atoms with Gasteiger partial charge in [-0.2, -0.15) is 0 Å². The molecule has 3 aliphatic heterocycles. The summed E-state index contributed by atoms with van der Waals surface area (Å²) in [7, 11) is 2.40. The van der Waals surface area contributed by atoms with Crippen LogP contribution in [0.4, 0.5) is 0 Å². The van der Waals surface area contributed by atoms with Crippen molar-refractivity contribution in [2.75, 3.05) is 7.05 Å². The number of nitrogens with zero attached hydrogens (tertiary/aromatic N) is 2. The molecule has 3 unspecified atom stereocenters. The average Bonchev–Trinajstić information content (AvgIpc) is 3.14. The van der Waals surface area contributed by atoms with E-state index >= 15 is 0 Å². The topological polar surface area (TPSA) is 27.6 Å². The van der Waals surface area contributed by atoms with E-state index in [1.807, 2.05) is 0 Å². The minimum absolute atomic E-state index is 0.597. The summed E-state index contributed by atoms with van der Waals surface area (Å²) >= 11 is 0. The molecular formula is C22H37N3. The third kappa shape index (κ3) is 2.85. The molecule has 2 saturated heterocycles. The first-order valence-electron chi connectivity index (χ1n) is 11.3. The minimum Gasteiger partial charge on any atom is -0.369 e. The fourth-order valence-electron chi connectivity index (χ4n) is 7.11. The molecule has 1 N–H and O–H groups in total. The Balaban J connectivity index is 1.41. The van der Waals surface area contributed by atoms with Gasteiger partial charge in [0.05, 0.1) is 6.04 Å². The van der Waals surface area contributed by atoms with Crippen LogP contribution in [0.25, 0.3) is 0 Å². The van der Waals surface area contributed by atoms with E-state index in [0.717, 1.165) is 29.8 Å². The maximum atomic E-state index is 5.32. The molecule has 3 heterocycles. The molecular weight excluding hydrogens is 306 g/mol. The van der Waals surface area contributed by atoms with Crippen molar-refractivity contribution < 1.29 is 0 Å². The molecule has 3 heteroatoms. The lowest BCUT2D eigenvalue weighted by Gasteiger charge is -2.47. The Bertz CT molecular complexity index is 521. The number of nitrogens with one attached hydrogen (secondary N) is 1. The monoisotopic (exact) mass is 343 g/mol. The van der Waals surface area contributed by atoms with Gasteiger partial charge in [-0.1, -0.05) is 32.6 Å². The predicted molar refractivity (Wildman–Crippen MR) is 104 cm³/mol. The summed E-state index contributed by atoms with van der Waals surface area (Å²) in [4.78, 5) is 8.06. The highest BCUT2D eigenvalue weighted by atomic mass is 15.2. The molecule has 0 radical (unpaired) electrons. The molecule has 3 nitrogen and oxygen atoms in total. The van der Waals surface area contributed by atoms with Crippen LogP contribution in [0.2, 0.25) is 0 Å². The molecule has 5 rings (SSSR count). The largest absolute Gasteiger partial charge is 0.369 e. The highest BCUT2D eigenvalue weighted by molar-refractivity contribution is 5.88.